The molecule has 144 valence electrons. The van der Waals surface area contributed by atoms with Crippen LogP contribution in [0.2, 0.25) is 0 Å². The van der Waals surface area contributed by atoms with Crippen molar-refractivity contribution in [1.29, 1.82) is 0 Å². The molecule has 0 aliphatic rings. The average Bonchev–Trinajstić information content (AvgIpc) is 2.60. The zero-order valence-corrected chi connectivity index (χ0v) is 16.3. The van der Waals surface area contributed by atoms with Gasteiger partial charge in [-0.25, -0.2) is 8.42 Å². The largest absolute Gasteiger partial charge is 0.335 e. The van der Waals surface area contributed by atoms with E-state index in [1.54, 1.807) is 30.3 Å². The molecule has 1 N–H and O–H groups in total. The zero-order valence-electron chi connectivity index (χ0n) is 15.5. The van der Waals surface area contributed by atoms with Crippen molar-refractivity contribution >= 4 is 27.3 Å². The van der Waals surface area contributed by atoms with E-state index >= 15 is 0 Å². The van der Waals surface area contributed by atoms with E-state index in [9.17, 15) is 18.0 Å². The summed E-state index contributed by atoms with van der Waals surface area (Å²) in [4.78, 5) is 26.1. The van der Waals surface area contributed by atoms with Crippen LogP contribution in [0.15, 0.2) is 60.7 Å². The summed E-state index contributed by atoms with van der Waals surface area (Å²) >= 11 is 0. The molecule has 0 unspecified atom stereocenters. The van der Waals surface area contributed by atoms with Gasteiger partial charge in [0.2, 0.25) is 11.8 Å². The highest BCUT2D eigenvalue weighted by molar-refractivity contribution is 7.92. The maximum atomic E-state index is 12.6. The van der Waals surface area contributed by atoms with E-state index in [2.05, 4.69) is 5.32 Å². The smallest absolute Gasteiger partial charge is 0.239 e. The van der Waals surface area contributed by atoms with Crippen LogP contribution in [0.1, 0.15) is 19.4 Å². The maximum Gasteiger partial charge on any atom is 0.239 e. The van der Waals surface area contributed by atoms with Crippen molar-refractivity contribution in [2.45, 2.75) is 26.4 Å². The van der Waals surface area contributed by atoms with Crippen LogP contribution in [0.25, 0.3) is 0 Å². The molecule has 6 nitrogen and oxygen atoms in total. The number of amides is 2. The molecule has 7 heteroatoms. The average molecular weight is 388 g/mol. The van der Waals surface area contributed by atoms with Crippen LogP contribution in [0.5, 0.6) is 0 Å². The Labute approximate surface area is 160 Å². The highest BCUT2D eigenvalue weighted by atomic mass is 32.2. The number of hydrogen-bond donors (Lipinski definition) is 1. The Bertz CT molecular complexity index is 865. The number of hydrogen-bond acceptors (Lipinski definition) is 4. The third kappa shape index (κ3) is 6.86. The molecule has 0 spiro atoms. The number of anilines is 1. The van der Waals surface area contributed by atoms with Crippen molar-refractivity contribution in [1.82, 2.24) is 4.90 Å². The zero-order chi connectivity index (χ0) is 19.9. The minimum atomic E-state index is -3.87. The van der Waals surface area contributed by atoms with Gasteiger partial charge in [-0.2, -0.15) is 0 Å². The summed E-state index contributed by atoms with van der Waals surface area (Å²) in [6.45, 7) is 3.98. The summed E-state index contributed by atoms with van der Waals surface area (Å²) in [5, 5.41) is 2.52. The van der Waals surface area contributed by atoms with Crippen LogP contribution in [-0.4, -0.2) is 42.7 Å². The summed E-state index contributed by atoms with van der Waals surface area (Å²) in [6, 6.07) is 17.8. The summed E-state index contributed by atoms with van der Waals surface area (Å²) < 4.78 is 24.6. The third-order valence-electron chi connectivity index (χ3n) is 3.89. The van der Waals surface area contributed by atoms with Gasteiger partial charge in [0.15, 0.2) is 9.84 Å². The number of para-hydroxylation sites is 1. The Balaban J connectivity index is 1.99. The molecule has 0 saturated carbocycles. The van der Waals surface area contributed by atoms with E-state index in [1.807, 2.05) is 44.2 Å². The fraction of sp³-hybridized carbons (Fsp3) is 0.300. The number of nitrogens with one attached hydrogen (secondary N) is 1. The van der Waals surface area contributed by atoms with Crippen LogP contribution in [-0.2, 0) is 26.0 Å². The first-order chi connectivity index (χ1) is 12.8. The van der Waals surface area contributed by atoms with E-state index in [0.717, 1.165) is 5.56 Å². The molecule has 0 aliphatic carbocycles. The Kier molecular flexibility index (Phi) is 7.12. The highest BCUT2D eigenvalue weighted by Gasteiger charge is 2.26. The molecule has 2 amide bonds. The maximum absolute atomic E-state index is 12.6. The van der Waals surface area contributed by atoms with Crippen molar-refractivity contribution in [2.24, 2.45) is 0 Å². The second-order valence-electron chi connectivity index (χ2n) is 6.55. The van der Waals surface area contributed by atoms with E-state index in [-0.39, 0.29) is 6.04 Å². The predicted octanol–water partition coefficient (Wildman–Crippen LogP) is 2.48. The number of benzene rings is 2. The molecule has 0 aliphatic heterocycles. The monoisotopic (exact) mass is 388 g/mol. The molecule has 0 heterocycles. The summed E-state index contributed by atoms with van der Waals surface area (Å²) in [6.07, 6.45) is 0. The Morgan fingerprint density at radius 1 is 0.926 bits per heavy atom. The quantitative estimate of drug-likeness (QED) is 0.753. The standard InChI is InChI=1S/C20H24N2O4S/c1-16(2)22(13-17-9-5-3-6-10-17)20(24)15-27(25,26)14-19(23)21-18-11-7-4-8-12-18/h3-12,16H,13-15H2,1-2H3,(H,21,23). The van der Waals surface area contributed by atoms with Gasteiger partial charge in [-0.15, -0.1) is 0 Å². The number of carbonyl (C=O) groups excluding carboxylic acids is 2. The van der Waals surface area contributed by atoms with E-state index in [4.69, 9.17) is 0 Å². The summed E-state index contributed by atoms with van der Waals surface area (Å²) in [5.41, 5.74) is 1.43. The van der Waals surface area contributed by atoms with Gasteiger partial charge in [-0.3, -0.25) is 9.59 Å². The lowest BCUT2D eigenvalue weighted by Crippen LogP contribution is -2.41. The first-order valence-corrected chi connectivity index (χ1v) is 10.5. The molecule has 0 radical (unpaired) electrons. The fourth-order valence-corrected chi connectivity index (χ4v) is 3.69. The molecule has 0 bridgehead atoms. The Hall–Kier alpha value is -2.67. The molecule has 2 aromatic carbocycles. The first-order valence-electron chi connectivity index (χ1n) is 8.65. The van der Waals surface area contributed by atoms with Gasteiger partial charge in [0.25, 0.3) is 0 Å². The normalized spacial score (nSPS) is 11.2. The predicted molar refractivity (Wildman–Crippen MR) is 106 cm³/mol. The molecular formula is C20H24N2O4S. The fourth-order valence-electron chi connectivity index (χ4n) is 2.58. The summed E-state index contributed by atoms with van der Waals surface area (Å²) in [7, 11) is -3.87. The highest BCUT2D eigenvalue weighted by Crippen LogP contribution is 2.10. The first kappa shape index (κ1) is 20.6. The van der Waals surface area contributed by atoms with Crippen LogP contribution < -0.4 is 5.32 Å². The molecule has 27 heavy (non-hydrogen) atoms. The number of sulfone groups is 1. The third-order valence-corrected chi connectivity index (χ3v) is 5.28. The van der Waals surface area contributed by atoms with Crippen LogP contribution in [0, 0.1) is 0 Å². The molecule has 2 rings (SSSR count). The van der Waals surface area contributed by atoms with Gasteiger partial charge in [0.05, 0.1) is 0 Å². The van der Waals surface area contributed by atoms with Crippen molar-refractivity contribution in [2.75, 3.05) is 16.8 Å². The molecule has 2 aromatic rings. The minimum absolute atomic E-state index is 0.161. The van der Waals surface area contributed by atoms with E-state index < -0.39 is 33.2 Å². The van der Waals surface area contributed by atoms with Gasteiger partial charge < -0.3 is 10.2 Å². The Morgan fingerprint density at radius 3 is 2.04 bits per heavy atom. The van der Waals surface area contributed by atoms with E-state index in [0.29, 0.717) is 12.2 Å². The summed E-state index contributed by atoms with van der Waals surface area (Å²) in [5.74, 6) is -2.60. The van der Waals surface area contributed by atoms with Crippen molar-refractivity contribution in [3.05, 3.63) is 66.2 Å². The van der Waals surface area contributed by atoms with E-state index in [1.165, 1.54) is 4.90 Å². The van der Waals surface area contributed by atoms with Crippen molar-refractivity contribution < 1.29 is 18.0 Å². The molecule has 0 atom stereocenters. The molecule has 0 aromatic heterocycles. The van der Waals surface area contributed by atoms with Crippen LogP contribution in [0.4, 0.5) is 5.69 Å². The lowest BCUT2D eigenvalue weighted by atomic mass is 10.2. The van der Waals surface area contributed by atoms with Gasteiger partial charge in [-0.05, 0) is 31.5 Å². The topological polar surface area (TPSA) is 83.6 Å². The molecule has 0 fully saturated rings. The van der Waals surface area contributed by atoms with Crippen LogP contribution in [0.3, 0.4) is 0 Å². The second-order valence-corrected chi connectivity index (χ2v) is 8.61. The molecular weight excluding hydrogens is 364 g/mol. The van der Waals surface area contributed by atoms with Gasteiger partial charge >= 0.3 is 0 Å². The van der Waals surface area contributed by atoms with Gasteiger partial charge in [0, 0.05) is 18.3 Å². The van der Waals surface area contributed by atoms with Gasteiger partial charge in [0.1, 0.15) is 11.5 Å². The lowest BCUT2D eigenvalue weighted by molar-refractivity contribution is -0.130. The van der Waals surface area contributed by atoms with Crippen LogP contribution >= 0.6 is 0 Å². The minimum Gasteiger partial charge on any atom is -0.335 e. The van der Waals surface area contributed by atoms with Crippen molar-refractivity contribution in [3.63, 3.8) is 0 Å². The van der Waals surface area contributed by atoms with Gasteiger partial charge in [-0.1, -0.05) is 48.5 Å². The number of rotatable bonds is 8. The lowest BCUT2D eigenvalue weighted by Gasteiger charge is -2.27. The van der Waals surface area contributed by atoms with Crippen molar-refractivity contribution in [3.8, 4) is 0 Å². The second kappa shape index (κ2) is 9.32. The number of nitrogens with zero attached hydrogens (tertiary/aromatic N) is 1. The molecule has 0 saturated heterocycles. The Morgan fingerprint density at radius 2 is 1.48 bits per heavy atom. The SMILES string of the molecule is CC(C)N(Cc1ccccc1)C(=O)CS(=O)(=O)CC(=O)Nc1ccccc1. The number of carbonyl (C=O) groups is 2.